The number of ether oxygens (including phenoxy) is 5. The van der Waals surface area contributed by atoms with Gasteiger partial charge in [0.25, 0.3) is 0 Å². The second kappa shape index (κ2) is 8.97. The van der Waals surface area contributed by atoms with Crippen molar-refractivity contribution in [2.24, 2.45) is 11.3 Å². The Morgan fingerprint density at radius 2 is 1.61 bits per heavy atom. The molecule has 23 heavy (non-hydrogen) atoms. The molecule has 2 aliphatic rings. The first-order chi connectivity index (χ1) is 11.0. The summed E-state index contributed by atoms with van der Waals surface area (Å²) in [5.41, 5.74) is -0.309. The molecule has 2 unspecified atom stereocenters. The van der Waals surface area contributed by atoms with Crippen molar-refractivity contribution in [2.75, 3.05) is 46.2 Å². The van der Waals surface area contributed by atoms with E-state index in [2.05, 4.69) is 6.92 Å². The summed E-state index contributed by atoms with van der Waals surface area (Å²) in [6.45, 7) is 10.2. The Morgan fingerprint density at radius 1 is 1.09 bits per heavy atom. The highest BCUT2D eigenvalue weighted by molar-refractivity contribution is 5.69. The van der Waals surface area contributed by atoms with Gasteiger partial charge in [-0.15, -0.1) is 0 Å². The minimum atomic E-state index is -0.309. The molecule has 2 rings (SSSR count). The molecule has 0 saturated carbocycles. The largest absolute Gasteiger partial charge is 0.465 e. The lowest BCUT2D eigenvalue weighted by Gasteiger charge is -2.31. The van der Waals surface area contributed by atoms with Gasteiger partial charge in [-0.1, -0.05) is 20.8 Å². The van der Waals surface area contributed by atoms with Crippen molar-refractivity contribution in [3.63, 3.8) is 0 Å². The fraction of sp³-hybridized carbons (Fsp3) is 0.941. The van der Waals surface area contributed by atoms with Crippen molar-refractivity contribution in [3.05, 3.63) is 0 Å². The first-order valence-electron chi connectivity index (χ1n) is 8.57. The fourth-order valence-electron chi connectivity index (χ4n) is 2.20. The first-order valence-corrected chi connectivity index (χ1v) is 8.57. The molecule has 0 amide bonds. The lowest BCUT2D eigenvalue weighted by molar-refractivity contribution is -0.152. The fourth-order valence-corrected chi connectivity index (χ4v) is 2.20. The predicted molar refractivity (Wildman–Crippen MR) is 84.3 cm³/mol. The Morgan fingerprint density at radius 3 is 2.00 bits per heavy atom. The van der Waals surface area contributed by atoms with Crippen LogP contribution >= 0.6 is 0 Å². The molecule has 2 aliphatic heterocycles. The molecule has 0 aromatic rings. The molecule has 0 N–H and O–H groups in total. The Hall–Kier alpha value is -0.690. The van der Waals surface area contributed by atoms with E-state index in [4.69, 9.17) is 23.7 Å². The lowest BCUT2D eigenvalue weighted by Crippen LogP contribution is -2.38. The number of epoxide rings is 2. The van der Waals surface area contributed by atoms with Crippen LogP contribution in [-0.4, -0.2) is 64.4 Å². The number of rotatable bonds is 13. The highest BCUT2D eigenvalue weighted by Gasteiger charge is 2.34. The maximum Gasteiger partial charge on any atom is 0.306 e. The number of carbonyl (C=O) groups excluding carboxylic acids is 1. The number of hydrogen-bond donors (Lipinski definition) is 0. The minimum absolute atomic E-state index is 0.158. The zero-order valence-electron chi connectivity index (χ0n) is 14.5. The third-order valence-corrected chi connectivity index (χ3v) is 4.09. The van der Waals surface area contributed by atoms with Gasteiger partial charge in [-0.2, -0.15) is 0 Å². The van der Waals surface area contributed by atoms with E-state index in [0.29, 0.717) is 45.4 Å². The molecule has 2 fully saturated rings. The molecule has 2 saturated heterocycles. The third kappa shape index (κ3) is 7.61. The van der Waals surface area contributed by atoms with Crippen molar-refractivity contribution in [1.82, 2.24) is 0 Å². The summed E-state index contributed by atoms with van der Waals surface area (Å²) in [5, 5.41) is 0. The molecule has 0 aromatic carbocycles. The van der Waals surface area contributed by atoms with E-state index in [1.165, 1.54) is 0 Å². The van der Waals surface area contributed by atoms with Crippen LogP contribution < -0.4 is 0 Å². The van der Waals surface area contributed by atoms with Crippen LogP contribution in [0.15, 0.2) is 0 Å². The quantitative estimate of drug-likeness (QED) is 0.379. The van der Waals surface area contributed by atoms with Gasteiger partial charge in [-0.25, -0.2) is 0 Å². The highest BCUT2D eigenvalue weighted by Crippen LogP contribution is 2.26. The molecule has 0 aliphatic carbocycles. The van der Waals surface area contributed by atoms with Crippen LogP contribution in [0.25, 0.3) is 0 Å². The van der Waals surface area contributed by atoms with E-state index < -0.39 is 0 Å². The van der Waals surface area contributed by atoms with Crippen molar-refractivity contribution in [1.29, 1.82) is 0 Å². The number of carbonyl (C=O) groups is 1. The van der Waals surface area contributed by atoms with E-state index in [-0.39, 0.29) is 23.6 Å². The van der Waals surface area contributed by atoms with Gasteiger partial charge in [0.15, 0.2) is 0 Å². The summed E-state index contributed by atoms with van der Waals surface area (Å²) in [4.78, 5) is 11.9. The molecule has 2 heterocycles. The van der Waals surface area contributed by atoms with E-state index in [1.807, 2.05) is 13.8 Å². The minimum Gasteiger partial charge on any atom is -0.465 e. The summed E-state index contributed by atoms with van der Waals surface area (Å²) in [7, 11) is 0. The van der Waals surface area contributed by atoms with Gasteiger partial charge in [0.2, 0.25) is 0 Å². The van der Waals surface area contributed by atoms with Gasteiger partial charge in [0.1, 0.15) is 18.8 Å². The van der Waals surface area contributed by atoms with Crippen molar-refractivity contribution in [3.8, 4) is 0 Å². The molecular weight excluding hydrogens is 300 g/mol. The van der Waals surface area contributed by atoms with Crippen molar-refractivity contribution >= 4 is 5.97 Å². The molecule has 0 aromatic heterocycles. The SMILES string of the molecule is CCC(COCC1CO1)(COCC1CO1)COC(=O)CC(C)C. The zero-order chi connectivity index (χ0) is 16.7. The van der Waals surface area contributed by atoms with Crippen molar-refractivity contribution < 1.29 is 28.5 Å². The molecule has 0 bridgehead atoms. The van der Waals surface area contributed by atoms with Crippen LogP contribution in [0, 0.1) is 11.3 Å². The van der Waals surface area contributed by atoms with E-state index in [0.717, 1.165) is 19.6 Å². The topological polar surface area (TPSA) is 69.8 Å². The Kier molecular flexibility index (Phi) is 7.27. The zero-order valence-corrected chi connectivity index (χ0v) is 14.5. The highest BCUT2D eigenvalue weighted by atomic mass is 16.6. The van der Waals surface area contributed by atoms with Gasteiger partial charge in [-0.05, 0) is 12.3 Å². The lowest BCUT2D eigenvalue weighted by atomic mass is 9.88. The molecule has 134 valence electrons. The summed E-state index contributed by atoms with van der Waals surface area (Å²) in [5.74, 6) is 0.138. The average Bonchev–Trinajstić information content (AvgIpc) is 3.38. The average molecular weight is 330 g/mol. The molecule has 0 spiro atoms. The second-order valence-electron chi connectivity index (χ2n) is 7.05. The summed E-state index contributed by atoms with van der Waals surface area (Å²) >= 11 is 0. The van der Waals surface area contributed by atoms with Crippen LogP contribution in [0.2, 0.25) is 0 Å². The van der Waals surface area contributed by atoms with Crippen LogP contribution in [0.1, 0.15) is 33.6 Å². The van der Waals surface area contributed by atoms with Gasteiger partial charge < -0.3 is 23.7 Å². The van der Waals surface area contributed by atoms with Crippen LogP contribution in [0.3, 0.4) is 0 Å². The van der Waals surface area contributed by atoms with E-state index >= 15 is 0 Å². The van der Waals surface area contributed by atoms with Gasteiger partial charge in [-0.3, -0.25) is 4.79 Å². The van der Waals surface area contributed by atoms with Crippen LogP contribution in [-0.2, 0) is 28.5 Å². The Labute approximate surface area is 138 Å². The summed E-state index contributed by atoms with van der Waals surface area (Å²) in [6.07, 6.45) is 1.72. The molecule has 6 nitrogen and oxygen atoms in total. The van der Waals surface area contributed by atoms with Crippen LogP contribution in [0.5, 0.6) is 0 Å². The Bertz CT molecular complexity index is 344. The van der Waals surface area contributed by atoms with E-state index in [9.17, 15) is 4.79 Å². The van der Waals surface area contributed by atoms with Crippen LogP contribution in [0.4, 0.5) is 0 Å². The van der Waals surface area contributed by atoms with Crippen molar-refractivity contribution in [2.45, 2.75) is 45.8 Å². The predicted octanol–water partition coefficient (Wildman–Crippen LogP) is 1.80. The smallest absolute Gasteiger partial charge is 0.306 e. The Balaban J connectivity index is 1.79. The van der Waals surface area contributed by atoms with Gasteiger partial charge in [0.05, 0.1) is 45.1 Å². The van der Waals surface area contributed by atoms with Gasteiger partial charge in [0, 0.05) is 6.42 Å². The standard InChI is InChI=1S/C17H30O6/c1-4-17(10-19-6-14-8-21-14,11-20-7-15-9-22-15)12-23-16(18)5-13(2)3/h13-15H,4-12H2,1-3H3. The van der Waals surface area contributed by atoms with Gasteiger partial charge >= 0.3 is 5.97 Å². The second-order valence-corrected chi connectivity index (χ2v) is 7.05. The normalized spacial score (nSPS) is 25.2. The monoisotopic (exact) mass is 330 g/mol. The molecule has 6 heteroatoms. The summed E-state index contributed by atoms with van der Waals surface area (Å²) < 4.78 is 27.4. The maximum absolute atomic E-state index is 11.9. The molecular formula is C17H30O6. The molecule has 2 atom stereocenters. The third-order valence-electron chi connectivity index (χ3n) is 4.09. The number of hydrogen-bond acceptors (Lipinski definition) is 6. The first kappa shape index (κ1) is 18.6. The summed E-state index contributed by atoms with van der Waals surface area (Å²) in [6, 6.07) is 0. The van der Waals surface area contributed by atoms with E-state index in [1.54, 1.807) is 0 Å². The number of esters is 1. The maximum atomic E-state index is 11.9. The molecule has 0 radical (unpaired) electrons.